The maximum absolute atomic E-state index is 12.2. The van der Waals surface area contributed by atoms with Crippen LogP contribution in [0.5, 0.6) is 0 Å². The fourth-order valence-electron chi connectivity index (χ4n) is 2.07. The van der Waals surface area contributed by atoms with Crippen LogP contribution in [0, 0.1) is 6.92 Å². The molecular formula is C12H17NO3S. The lowest BCUT2D eigenvalue weighted by Crippen LogP contribution is -2.29. The van der Waals surface area contributed by atoms with Crippen molar-refractivity contribution in [1.29, 1.82) is 0 Å². The van der Waals surface area contributed by atoms with Gasteiger partial charge in [-0.05, 0) is 19.1 Å². The zero-order valence-corrected chi connectivity index (χ0v) is 11.1. The van der Waals surface area contributed by atoms with Crippen LogP contribution < -0.4 is 0 Å². The molecule has 0 aromatic carbocycles. The molecule has 2 atom stereocenters. The molecule has 2 unspecified atom stereocenters. The van der Waals surface area contributed by atoms with Crippen molar-refractivity contribution < 1.29 is 14.3 Å². The summed E-state index contributed by atoms with van der Waals surface area (Å²) in [5, 5.41) is 0. The van der Waals surface area contributed by atoms with Crippen LogP contribution in [0.15, 0.2) is 12.1 Å². The molecule has 0 aliphatic carbocycles. The van der Waals surface area contributed by atoms with Crippen LogP contribution in [0.2, 0.25) is 0 Å². The van der Waals surface area contributed by atoms with Gasteiger partial charge < -0.3 is 14.4 Å². The molecular weight excluding hydrogens is 238 g/mol. The first-order valence-electron chi connectivity index (χ1n) is 5.57. The topological polar surface area (TPSA) is 38.8 Å². The van der Waals surface area contributed by atoms with Gasteiger partial charge in [0.2, 0.25) is 0 Å². The molecule has 5 heteroatoms. The molecule has 17 heavy (non-hydrogen) atoms. The summed E-state index contributed by atoms with van der Waals surface area (Å²) in [6.45, 7) is 3.21. The van der Waals surface area contributed by atoms with E-state index in [4.69, 9.17) is 9.47 Å². The van der Waals surface area contributed by atoms with E-state index >= 15 is 0 Å². The summed E-state index contributed by atoms with van der Waals surface area (Å²) >= 11 is 1.53. The monoisotopic (exact) mass is 255 g/mol. The van der Waals surface area contributed by atoms with Gasteiger partial charge in [0.1, 0.15) is 12.2 Å². The fraction of sp³-hybridized carbons (Fsp3) is 0.583. The second kappa shape index (κ2) is 5.16. The fourth-order valence-corrected chi connectivity index (χ4v) is 2.90. The molecule has 1 aromatic heterocycles. The minimum absolute atomic E-state index is 0.0231. The van der Waals surface area contributed by atoms with Gasteiger partial charge in [-0.3, -0.25) is 4.79 Å². The molecule has 94 valence electrons. The van der Waals surface area contributed by atoms with E-state index in [1.807, 2.05) is 19.1 Å². The summed E-state index contributed by atoms with van der Waals surface area (Å²) in [5.41, 5.74) is 0. The van der Waals surface area contributed by atoms with Crippen LogP contribution in [-0.4, -0.2) is 50.3 Å². The van der Waals surface area contributed by atoms with E-state index < -0.39 is 0 Å². The molecule has 0 saturated carbocycles. The molecule has 4 nitrogen and oxygen atoms in total. The average molecular weight is 255 g/mol. The molecule has 1 amide bonds. The van der Waals surface area contributed by atoms with E-state index in [0.717, 1.165) is 9.75 Å². The SMILES string of the molecule is COC1CN(C(=O)c2ccc(C)s2)CC1OC. The summed E-state index contributed by atoms with van der Waals surface area (Å²) in [7, 11) is 3.31. The number of likely N-dealkylation sites (tertiary alicyclic amines) is 1. The van der Waals surface area contributed by atoms with Crippen molar-refractivity contribution in [3.05, 3.63) is 21.9 Å². The van der Waals surface area contributed by atoms with E-state index in [1.54, 1.807) is 19.1 Å². The lowest BCUT2D eigenvalue weighted by molar-refractivity contribution is -0.00461. The zero-order chi connectivity index (χ0) is 12.4. The third kappa shape index (κ3) is 2.51. The summed E-state index contributed by atoms with van der Waals surface area (Å²) in [6.07, 6.45) is -0.0463. The second-order valence-corrected chi connectivity index (χ2v) is 5.46. The van der Waals surface area contributed by atoms with E-state index in [2.05, 4.69) is 0 Å². The predicted molar refractivity (Wildman–Crippen MR) is 66.6 cm³/mol. The van der Waals surface area contributed by atoms with Gasteiger partial charge in [-0.25, -0.2) is 0 Å². The Bertz CT molecular complexity index is 392. The van der Waals surface area contributed by atoms with Gasteiger partial charge in [0.25, 0.3) is 5.91 Å². The Kier molecular flexibility index (Phi) is 3.81. The normalized spacial score (nSPS) is 24.3. The largest absolute Gasteiger partial charge is 0.377 e. The summed E-state index contributed by atoms with van der Waals surface area (Å²) in [5.74, 6) is 0.0738. The number of methoxy groups -OCH3 is 2. The number of hydrogen-bond donors (Lipinski definition) is 0. The Hall–Kier alpha value is -0.910. The third-order valence-electron chi connectivity index (χ3n) is 3.06. The highest BCUT2D eigenvalue weighted by atomic mass is 32.1. The van der Waals surface area contributed by atoms with Crippen LogP contribution in [-0.2, 0) is 9.47 Å². The first-order chi connectivity index (χ1) is 8.15. The van der Waals surface area contributed by atoms with Gasteiger partial charge in [0.15, 0.2) is 0 Å². The van der Waals surface area contributed by atoms with E-state index in [-0.39, 0.29) is 18.1 Å². The van der Waals surface area contributed by atoms with Crippen molar-refractivity contribution in [2.45, 2.75) is 19.1 Å². The molecule has 2 heterocycles. The van der Waals surface area contributed by atoms with Gasteiger partial charge >= 0.3 is 0 Å². The van der Waals surface area contributed by atoms with E-state index in [0.29, 0.717) is 13.1 Å². The highest BCUT2D eigenvalue weighted by Gasteiger charge is 2.36. The standard InChI is InChI=1S/C12H17NO3S/c1-8-4-5-11(17-8)12(14)13-6-9(15-2)10(7-13)16-3/h4-5,9-10H,6-7H2,1-3H3. The quantitative estimate of drug-likeness (QED) is 0.822. The second-order valence-electron chi connectivity index (χ2n) is 4.17. The minimum Gasteiger partial charge on any atom is -0.377 e. The van der Waals surface area contributed by atoms with Crippen LogP contribution in [0.25, 0.3) is 0 Å². The first-order valence-corrected chi connectivity index (χ1v) is 6.38. The summed E-state index contributed by atoms with van der Waals surface area (Å²) < 4.78 is 10.6. The van der Waals surface area contributed by atoms with Crippen molar-refractivity contribution in [1.82, 2.24) is 4.90 Å². The average Bonchev–Trinajstić information content (AvgIpc) is 2.93. The number of nitrogens with zero attached hydrogens (tertiary/aromatic N) is 1. The number of carbonyl (C=O) groups excluding carboxylic acids is 1. The number of carbonyl (C=O) groups is 1. The lowest BCUT2D eigenvalue weighted by Gasteiger charge is -2.14. The molecule has 2 rings (SSSR count). The van der Waals surface area contributed by atoms with E-state index in [9.17, 15) is 4.79 Å². The van der Waals surface area contributed by atoms with Gasteiger partial charge in [0, 0.05) is 32.2 Å². The summed E-state index contributed by atoms with van der Waals surface area (Å²) in [4.78, 5) is 15.9. The molecule has 0 spiro atoms. The molecule has 1 aliphatic rings. The van der Waals surface area contributed by atoms with Gasteiger partial charge in [-0.1, -0.05) is 0 Å². The lowest BCUT2D eigenvalue weighted by atomic mass is 10.3. The maximum Gasteiger partial charge on any atom is 0.264 e. The molecule has 1 fully saturated rings. The number of ether oxygens (including phenoxy) is 2. The molecule has 1 saturated heterocycles. The van der Waals surface area contributed by atoms with Crippen molar-refractivity contribution in [2.75, 3.05) is 27.3 Å². The van der Waals surface area contributed by atoms with Crippen molar-refractivity contribution in [3.63, 3.8) is 0 Å². The molecule has 0 N–H and O–H groups in total. The highest BCUT2D eigenvalue weighted by molar-refractivity contribution is 7.13. The smallest absolute Gasteiger partial charge is 0.264 e. The van der Waals surface area contributed by atoms with Crippen LogP contribution in [0.1, 0.15) is 14.5 Å². The van der Waals surface area contributed by atoms with Gasteiger partial charge in [0.05, 0.1) is 4.88 Å². The van der Waals surface area contributed by atoms with Gasteiger partial charge in [-0.15, -0.1) is 11.3 Å². The highest BCUT2D eigenvalue weighted by Crippen LogP contribution is 2.22. The van der Waals surface area contributed by atoms with Crippen molar-refractivity contribution in [2.24, 2.45) is 0 Å². The Morgan fingerprint density at radius 3 is 2.29 bits per heavy atom. The van der Waals surface area contributed by atoms with Gasteiger partial charge in [-0.2, -0.15) is 0 Å². The van der Waals surface area contributed by atoms with Crippen molar-refractivity contribution in [3.8, 4) is 0 Å². The Morgan fingerprint density at radius 2 is 1.88 bits per heavy atom. The van der Waals surface area contributed by atoms with Crippen molar-refractivity contribution >= 4 is 17.2 Å². The van der Waals surface area contributed by atoms with Crippen LogP contribution in [0.3, 0.4) is 0 Å². The Balaban J connectivity index is 2.07. The molecule has 1 aliphatic heterocycles. The molecule has 0 radical (unpaired) electrons. The van der Waals surface area contributed by atoms with Crippen LogP contribution >= 0.6 is 11.3 Å². The minimum atomic E-state index is -0.0231. The number of rotatable bonds is 3. The zero-order valence-electron chi connectivity index (χ0n) is 10.3. The van der Waals surface area contributed by atoms with Crippen LogP contribution in [0.4, 0.5) is 0 Å². The first kappa shape index (κ1) is 12.5. The Morgan fingerprint density at radius 1 is 1.29 bits per heavy atom. The Labute approximate surface area is 105 Å². The number of aryl methyl sites for hydroxylation is 1. The number of thiophene rings is 1. The van der Waals surface area contributed by atoms with E-state index in [1.165, 1.54) is 11.3 Å². The molecule has 0 bridgehead atoms. The summed E-state index contributed by atoms with van der Waals surface area (Å²) in [6, 6.07) is 3.85. The number of hydrogen-bond acceptors (Lipinski definition) is 4. The maximum atomic E-state index is 12.2. The number of amides is 1. The third-order valence-corrected chi connectivity index (χ3v) is 4.05. The molecule has 1 aromatic rings. The predicted octanol–water partition coefficient (Wildman–Crippen LogP) is 1.54.